The van der Waals surface area contributed by atoms with Crippen LogP contribution in [0.1, 0.15) is 17.3 Å². The monoisotopic (exact) mass is 348 g/mol. The molecule has 7 nitrogen and oxygen atoms in total. The molecule has 0 aliphatic carbocycles. The van der Waals surface area contributed by atoms with E-state index in [2.05, 4.69) is 5.32 Å². The zero-order valence-corrected chi connectivity index (χ0v) is 13.5. The van der Waals surface area contributed by atoms with Gasteiger partial charge in [-0.2, -0.15) is 4.39 Å². The lowest BCUT2D eigenvalue weighted by atomic mass is 10.2. The molecule has 132 valence electrons. The van der Waals surface area contributed by atoms with Crippen LogP contribution in [-0.2, 0) is 0 Å². The second-order valence-corrected chi connectivity index (χ2v) is 4.93. The van der Waals surface area contributed by atoms with E-state index in [9.17, 15) is 19.3 Å². The summed E-state index contributed by atoms with van der Waals surface area (Å²) in [7, 11) is 0. The zero-order chi connectivity index (χ0) is 18.2. The first-order valence-corrected chi connectivity index (χ1v) is 7.59. The fraction of sp³-hybridized carbons (Fsp3) is 0.235. The summed E-state index contributed by atoms with van der Waals surface area (Å²) in [6.45, 7) is 2.87. The number of benzene rings is 2. The molecule has 2 aromatic rings. The van der Waals surface area contributed by atoms with Gasteiger partial charge >= 0.3 is 5.69 Å². The molecule has 25 heavy (non-hydrogen) atoms. The molecule has 0 fully saturated rings. The van der Waals surface area contributed by atoms with E-state index in [4.69, 9.17) is 9.47 Å². The Hall–Kier alpha value is -3.16. The number of amides is 1. The smallest absolute Gasteiger partial charge is 0.305 e. The summed E-state index contributed by atoms with van der Waals surface area (Å²) in [6.07, 6.45) is 0. The van der Waals surface area contributed by atoms with Gasteiger partial charge in [-0.25, -0.2) is 0 Å². The summed E-state index contributed by atoms with van der Waals surface area (Å²) < 4.78 is 24.0. The van der Waals surface area contributed by atoms with Crippen molar-refractivity contribution in [1.82, 2.24) is 5.32 Å². The molecule has 2 aromatic carbocycles. The van der Waals surface area contributed by atoms with E-state index in [0.29, 0.717) is 12.4 Å². The molecule has 0 saturated carbocycles. The molecule has 0 bridgehead atoms. The van der Waals surface area contributed by atoms with E-state index >= 15 is 0 Å². The van der Waals surface area contributed by atoms with E-state index in [-0.39, 0.29) is 18.7 Å². The van der Waals surface area contributed by atoms with Crippen LogP contribution in [-0.4, -0.2) is 30.6 Å². The highest BCUT2D eigenvalue weighted by molar-refractivity contribution is 5.94. The molecule has 0 aliphatic rings. The molecular formula is C17H17FN2O5. The molecule has 0 heterocycles. The Morgan fingerprint density at radius 3 is 2.40 bits per heavy atom. The molecule has 0 aliphatic heterocycles. The molecular weight excluding hydrogens is 331 g/mol. The first-order chi connectivity index (χ1) is 12.0. The molecule has 8 heteroatoms. The predicted octanol–water partition coefficient (Wildman–Crippen LogP) is 2.94. The molecule has 0 atom stereocenters. The van der Waals surface area contributed by atoms with Crippen LogP contribution in [0.4, 0.5) is 10.1 Å². The van der Waals surface area contributed by atoms with Gasteiger partial charge in [0.25, 0.3) is 5.91 Å². The quantitative estimate of drug-likeness (QED) is 0.450. The summed E-state index contributed by atoms with van der Waals surface area (Å²) >= 11 is 0. The van der Waals surface area contributed by atoms with Crippen LogP contribution in [0.5, 0.6) is 11.5 Å². The third-order valence-electron chi connectivity index (χ3n) is 3.20. The van der Waals surface area contributed by atoms with Gasteiger partial charge in [0.1, 0.15) is 18.1 Å². The average molecular weight is 348 g/mol. The SMILES string of the molecule is CCOc1ccc(OCCNC(=O)c2ccc(F)c([N+](=O)[O-])c2)cc1. The minimum Gasteiger partial charge on any atom is -0.494 e. The highest BCUT2D eigenvalue weighted by Crippen LogP contribution is 2.19. The van der Waals surface area contributed by atoms with Crippen molar-refractivity contribution in [2.45, 2.75) is 6.92 Å². The fourth-order valence-corrected chi connectivity index (χ4v) is 2.03. The van der Waals surface area contributed by atoms with Crippen molar-refractivity contribution in [3.05, 3.63) is 64.0 Å². The van der Waals surface area contributed by atoms with Crippen LogP contribution in [0, 0.1) is 15.9 Å². The lowest BCUT2D eigenvalue weighted by Crippen LogP contribution is -2.28. The third kappa shape index (κ3) is 5.17. The Bertz CT molecular complexity index is 749. The summed E-state index contributed by atoms with van der Waals surface area (Å²) in [5.41, 5.74) is -0.729. The second-order valence-electron chi connectivity index (χ2n) is 4.93. The van der Waals surface area contributed by atoms with Gasteiger partial charge in [0.2, 0.25) is 5.82 Å². The van der Waals surface area contributed by atoms with Crippen molar-refractivity contribution in [2.75, 3.05) is 19.8 Å². The molecule has 0 saturated heterocycles. The Kier molecular flexibility index (Phi) is 6.27. The number of rotatable bonds is 8. The van der Waals surface area contributed by atoms with Gasteiger partial charge in [-0.1, -0.05) is 0 Å². The van der Waals surface area contributed by atoms with Crippen LogP contribution in [0.15, 0.2) is 42.5 Å². The molecule has 1 amide bonds. The minimum absolute atomic E-state index is 0.00849. The van der Waals surface area contributed by atoms with Crippen molar-refractivity contribution in [2.24, 2.45) is 0 Å². The topological polar surface area (TPSA) is 90.7 Å². The average Bonchev–Trinajstić information content (AvgIpc) is 2.60. The number of halogens is 1. The maximum Gasteiger partial charge on any atom is 0.305 e. The Morgan fingerprint density at radius 1 is 1.16 bits per heavy atom. The first-order valence-electron chi connectivity index (χ1n) is 7.59. The molecule has 0 aromatic heterocycles. The highest BCUT2D eigenvalue weighted by Gasteiger charge is 2.17. The minimum atomic E-state index is -0.986. The first kappa shape index (κ1) is 18.2. The van der Waals surface area contributed by atoms with Crippen molar-refractivity contribution < 1.29 is 23.6 Å². The van der Waals surface area contributed by atoms with Gasteiger partial charge in [-0.05, 0) is 43.3 Å². The van der Waals surface area contributed by atoms with Gasteiger partial charge in [0.05, 0.1) is 18.1 Å². The van der Waals surface area contributed by atoms with Crippen LogP contribution in [0.25, 0.3) is 0 Å². The lowest BCUT2D eigenvalue weighted by Gasteiger charge is -2.09. The Morgan fingerprint density at radius 2 is 1.80 bits per heavy atom. The number of carbonyl (C=O) groups excluding carboxylic acids is 1. The van der Waals surface area contributed by atoms with Crippen LogP contribution < -0.4 is 14.8 Å². The van der Waals surface area contributed by atoms with Gasteiger partial charge < -0.3 is 14.8 Å². The largest absolute Gasteiger partial charge is 0.494 e. The number of nitro groups is 1. The Labute approximate surface area is 143 Å². The second kappa shape index (κ2) is 8.62. The van der Waals surface area contributed by atoms with E-state index < -0.39 is 22.3 Å². The lowest BCUT2D eigenvalue weighted by molar-refractivity contribution is -0.387. The standard InChI is InChI=1S/C17H17FN2O5/c1-2-24-13-4-6-14(7-5-13)25-10-9-19-17(21)12-3-8-15(18)16(11-12)20(22)23/h3-8,11H,2,9-10H2,1H3,(H,19,21). The number of carbonyl (C=O) groups is 1. The number of nitro benzene ring substituents is 1. The maximum absolute atomic E-state index is 13.3. The van der Waals surface area contributed by atoms with E-state index in [1.54, 1.807) is 24.3 Å². The molecule has 0 radical (unpaired) electrons. The summed E-state index contributed by atoms with van der Waals surface area (Å²) in [6, 6.07) is 10.0. The summed E-state index contributed by atoms with van der Waals surface area (Å²) in [5.74, 6) is -0.171. The normalized spacial score (nSPS) is 10.2. The molecule has 0 unspecified atom stereocenters. The predicted molar refractivity (Wildman–Crippen MR) is 88.5 cm³/mol. The van der Waals surface area contributed by atoms with Gasteiger partial charge in [-0.3, -0.25) is 14.9 Å². The molecule has 2 rings (SSSR count). The van der Waals surface area contributed by atoms with Gasteiger partial charge in [-0.15, -0.1) is 0 Å². The van der Waals surface area contributed by atoms with Crippen LogP contribution in [0.3, 0.4) is 0 Å². The maximum atomic E-state index is 13.3. The number of nitrogens with one attached hydrogen (secondary N) is 1. The zero-order valence-electron chi connectivity index (χ0n) is 13.5. The number of hydrogen-bond acceptors (Lipinski definition) is 5. The summed E-state index contributed by atoms with van der Waals surface area (Å²) in [4.78, 5) is 21.7. The molecule has 0 spiro atoms. The van der Waals surface area contributed by atoms with Crippen molar-refractivity contribution in [3.63, 3.8) is 0 Å². The van der Waals surface area contributed by atoms with Crippen molar-refractivity contribution >= 4 is 11.6 Å². The van der Waals surface area contributed by atoms with E-state index in [1.165, 1.54) is 6.07 Å². The van der Waals surface area contributed by atoms with Crippen LogP contribution >= 0.6 is 0 Å². The Balaban J connectivity index is 1.82. The molecule has 1 N–H and O–H groups in total. The number of nitrogens with zero attached hydrogens (tertiary/aromatic N) is 1. The van der Waals surface area contributed by atoms with E-state index in [1.807, 2.05) is 6.92 Å². The van der Waals surface area contributed by atoms with Gasteiger partial charge in [0, 0.05) is 11.6 Å². The fourth-order valence-electron chi connectivity index (χ4n) is 2.03. The highest BCUT2D eigenvalue weighted by atomic mass is 19.1. The summed E-state index contributed by atoms with van der Waals surface area (Å²) in [5, 5.41) is 13.2. The van der Waals surface area contributed by atoms with Crippen molar-refractivity contribution in [1.29, 1.82) is 0 Å². The third-order valence-corrected chi connectivity index (χ3v) is 3.20. The van der Waals surface area contributed by atoms with Crippen molar-refractivity contribution in [3.8, 4) is 11.5 Å². The van der Waals surface area contributed by atoms with Gasteiger partial charge in [0.15, 0.2) is 0 Å². The van der Waals surface area contributed by atoms with Crippen LogP contribution in [0.2, 0.25) is 0 Å². The van der Waals surface area contributed by atoms with E-state index in [0.717, 1.165) is 17.9 Å². The number of hydrogen-bond donors (Lipinski definition) is 1. The number of ether oxygens (including phenoxy) is 2.